The number of carboxylic acid groups (broad SMARTS) is 1. The van der Waals surface area contributed by atoms with Gasteiger partial charge in [0.05, 0.1) is 0 Å². The van der Waals surface area contributed by atoms with Crippen molar-refractivity contribution in [1.82, 2.24) is 0 Å². The zero-order valence-electron chi connectivity index (χ0n) is 10.2. The molecule has 0 aliphatic heterocycles. The molecule has 1 rings (SSSR count). The number of hydrogen-bond acceptors (Lipinski definition) is 3. The molecular formula is C12H13F3O4. The normalized spacial score (nSPS) is 10.5. The Hall–Kier alpha value is -1.92. The SMILES string of the molecule is CCCCCc1c(F)c(F)c(F)c(O)c1OC(=O)O. The van der Waals surface area contributed by atoms with Crippen LogP contribution in [-0.2, 0) is 6.42 Å². The van der Waals surface area contributed by atoms with Gasteiger partial charge in [-0.2, -0.15) is 4.39 Å². The van der Waals surface area contributed by atoms with E-state index in [1.807, 2.05) is 6.92 Å². The lowest BCUT2D eigenvalue weighted by molar-refractivity contribution is 0.141. The lowest BCUT2D eigenvalue weighted by Gasteiger charge is -2.12. The molecule has 0 saturated carbocycles. The molecule has 7 heteroatoms. The number of phenols is 1. The van der Waals surface area contributed by atoms with E-state index < -0.39 is 40.7 Å². The van der Waals surface area contributed by atoms with Crippen molar-refractivity contribution in [3.05, 3.63) is 23.0 Å². The zero-order valence-corrected chi connectivity index (χ0v) is 10.2. The topological polar surface area (TPSA) is 66.8 Å². The largest absolute Gasteiger partial charge is 0.511 e. The summed E-state index contributed by atoms with van der Waals surface area (Å²) in [6, 6.07) is 0. The van der Waals surface area contributed by atoms with Crippen LogP contribution < -0.4 is 4.74 Å². The fourth-order valence-electron chi connectivity index (χ4n) is 1.65. The fraction of sp³-hybridized carbons (Fsp3) is 0.417. The van der Waals surface area contributed by atoms with Gasteiger partial charge in [0.25, 0.3) is 0 Å². The van der Waals surface area contributed by atoms with Gasteiger partial charge in [0, 0.05) is 5.56 Å². The number of unbranched alkanes of at least 4 members (excludes halogenated alkanes) is 2. The van der Waals surface area contributed by atoms with Crippen LogP contribution in [0.3, 0.4) is 0 Å². The van der Waals surface area contributed by atoms with Crippen LogP contribution in [0.1, 0.15) is 31.7 Å². The lowest BCUT2D eigenvalue weighted by atomic mass is 10.0. The molecule has 19 heavy (non-hydrogen) atoms. The van der Waals surface area contributed by atoms with E-state index in [1.54, 1.807) is 0 Å². The summed E-state index contributed by atoms with van der Waals surface area (Å²) in [4.78, 5) is 10.4. The van der Waals surface area contributed by atoms with Gasteiger partial charge in [0.15, 0.2) is 23.1 Å². The van der Waals surface area contributed by atoms with Gasteiger partial charge in [-0.05, 0) is 12.8 Å². The van der Waals surface area contributed by atoms with Crippen LogP contribution in [0.15, 0.2) is 0 Å². The molecule has 0 aliphatic rings. The van der Waals surface area contributed by atoms with Crippen molar-refractivity contribution in [2.24, 2.45) is 0 Å². The average molecular weight is 278 g/mol. The predicted octanol–water partition coefficient (Wildman–Crippen LogP) is 3.60. The molecule has 0 aromatic heterocycles. The molecule has 106 valence electrons. The molecule has 1 aromatic rings. The summed E-state index contributed by atoms with van der Waals surface area (Å²) in [5, 5.41) is 17.8. The predicted molar refractivity (Wildman–Crippen MR) is 59.9 cm³/mol. The van der Waals surface area contributed by atoms with E-state index in [9.17, 15) is 23.1 Å². The van der Waals surface area contributed by atoms with Crippen LogP contribution in [-0.4, -0.2) is 16.4 Å². The van der Waals surface area contributed by atoms with Gasteiger partial charge in [-0.3, -0.25) is 0 Å². The number of carbonyl (C=O) groups is 1. The second-order valence-electron chi connectivity index (χ2n) is 3.92. The van der Waals surface area contributed by atoms with Crippen molar-refractivity contribution in [2.75, 3.05) is 0 Å². The van der Waals surface area contributed by atoms with Gasteiger partial charge < -0.3 is 14.9 Å². The van der Waals surface area contributed by atoms with Crippen LogP contribution in [0, 0.1) is 17.5 Å². The highest BCUT2D eigenvalue weighted by Gasteiger charge is 2.27. The molecule has 0 spiro atoms. The third-order valence-electron chi connectivity index (χ3n) is 2.57. The Bertz CT molecular complexity index is 489. The number of ether oxygens (including phenoxy) is 1. The summed E-state index contributed by atoms with van der Waals surface area (Å²) in [5.41, 5.74) is -0.479. The van der Waals surface area contributed by atoms with Gasteiger partial charge in [-0.1, -0.05) is 19.8 Å². The number of halogens is 3. The summed E-state index contributed by atoms with van der Waals surface area (Å²) in [6.45, 7) is 1.88. The number of phenolic OH excluding ortho intramolecular Hbond substituents is 1. The molecule has 1 aromatic carbocycles. The van der Waals surface area contributed by atoms with E-state index in [2.05, 4.69) is 4.74 Å². The standard InChI is InChI=1S/C12H13F3O4/c1-2-3-4-5-6-7(13)8(14)9(15)10(16)11(6)19-12(17)18/h16H,2-5H2,1H3,(H,17,18). The van der Waals surface area contributed by atoms with Crippen molar-refractivity contribution in [2.45, 2.75) is 32.6 Å². The molecule has 0 bridgehead atoms. The average Bonchev–Trinajstić information content (AvgIpc) is 2.36. The molecule has 0 aliphatic carbocycles. The molecular weight excluding hydrogens is 265 g/mol. The van der Waals surface area contributed by atoms with Crippen LogP contribution >= 0.6 is 0 Å². The first-order valence-corrected chi connectivity index (χ1v) is 5.69. The van der Waals surface area contributed by atoms with Gasteiger partial charge in [-0.15, -0.1) is 0 Å². The first-order chi connectivity index (χ1) is 8.90. The summed E-state index contributed by atoms with van der Waals surface area (Å²) >= 11 is 0. The van der Waals surface area contributed by atoms with E-state index in [1.165, 1.54) is 0 Å². The van der Waals surface area contributed by atoms with Crippen molar-refractivity contribution in [3.63, 3.8) is 0 Å². The van der Waals surface area contributed by atoms with Crippen molar-refractivity contribution in [3.8, 4) is 11.5 Å². The summed E-state index contributed by atoms with van der Waals surface area (Å²) in [5.74, 6) is -7.48. The quantitative estimate of drug-likeness (QED) is 0.374. The fourth-order valence-corrected chi connectivity index (χ4v) is 1.65. The monoisotopic (exact) mass is 278 g/mol. The Morgan fingerprint density at radius 1 is 1.16 bits per heavy atom. The second kappa shape index (κ2) is 6.31. The molecule has 0 saturated heterocycles. The molecule has 4 nitrogen and oxygen atoms in total. The summed E-state index contributed by atoms with van der Waals surface area (Å²) < 4.78 is 44.0. The van der Waals surface area contributed by atoms with Crippen molar-refractivity contribution < 1.29 is 32.9 Å². The van der Waals surface area contributed by atoms with E-state index in [-0.39, 0.29) is 6.42 Å². The van der Waals surface area contributed by atoms with Crippen LogP contribution in [0.5, 0.6) is 11.5 Å². The van der Waals surface area contributed by atoms with Crippen LogP contribution in [0.4, 0.5) is 18.0 Å². The summed E-state index contributed by atoms with van der Waals surface area (Å²) in [7, 11) is 0. The van der Waals surface area contributed by atoms with E-state index >= 15 is 0 Å². The molecule has 0 unspecified atom stereocenters. The minimum absolute atomic E-state index is 0.0625. The van der Waals surface area contributed by atoms with Gasteiger partial charge in [0.2, 0.25) is 5.82 Å². The first-order valence-electron chi connectivity index (χ1n) is 5.69. The van der Waals surface area contributed by atoms with Gasteiger partial charge in [0.1, 0.15) is 0 Å². The van der Waals surface area contributed by atoms with E-state index in [0.29, 0.717) is 12.8 Å². The Kier molecular flexibility index (Phi) is 5.02. The highest BCUT2D eigenvalue weighted by molar-refractivity contribution is 5.64. The van der Waals surface area contributed by atoms with Gasteiger partial charge in [-0.25, -0.2) is 13.6 Å². The Balaban J connectivity index is 3.26. The maximum absolute atomic E-state index is 13.6. The summed E-state index contributed by atoms with van der Waals surface area (Å²) in [6.07, 6.45) is -0.00329. The molecule has 0 atom stereocenters. The Labute approximate surface area is 107 Å². The molecule has 0 fully saturated rings. The highest BCUT2D eigenvalue weighted by atomic mass is 19.2. The number of benzene rings is 1. The van der Waals surface area contributed by atoms with Crippen LogP contribution in [0.2, 0.25) is 0 Å². The minimum Gasteiger partial charge on any atom is -0.502 e. The van der Waals surface area contributed by atoms with E-state index in [0.717, 1.165) is 6.42 Å². The number of hydrogen-bond donors (Lipinski definition) is 2. The lowest BCUT2D eigenvalue weighted by Crippen LogP contribution is -2.10. The molecule has 0 heterocycles. The van der Waals surface area contributed by atoms with Crippen molar-refractivity contribution >= 4 is 6.16 Å². The molecule has 2 N–H and O–H groups in total. The minimum atomic E-state index is -1.87. The molecule has 0 radical (unpaired) electrons. The zero-order chi connectivity index (χ0) is 14.6. The van der Waals surface area contributed by atoms with Crippen molar-refractivity contribution in [1.29, 1.82) is 0 Å². The number of aromatic hydroxyl groups is 1. The third kappa shape index (κ3) is 3.30. The Morgan fingerprint density at radius 2 is 1.79 bits per heavy atom. The van der Waals surface area contributed by atoms with Crippen LogP contribution in [0.25, 0.3) is 0 Å². The Morgan fingerprint density at radius 3 is 2.32 bits per heavy atom. The maximum atomic E-state index is 13.6. The van der Waals surface area contributed by atoms with Gasteiger partial charge >= 0.3 is 6.16 Å². The smallest absolute Gasteiger partial charge is 0.502 e. The highest BCUT2D eigenvalue weighted by Crippen LogP contribution is 2.38. The second-order valence-corrected chi connectivity index (χ2v) is 3.92. The number of rotatable bonds is 5. The maximum Gasteiger partial charge on any atom is 0.511 e. The third-order valence-corrected chi connectivity index (χ3v) is 2.57. The molecule has 0 amide bonds. The van der Waals surface area contributed by atoms with E-state index in [4.69, 9.17) is 5.11 Å². The first kappa shape index (κ1) is 15.1.